The predicted octanol–water partition coefficient (Wildman–Crippen LogP) is 3.98. The largest absolute Gasteiger partial charge is 0.357 e. The average Bonchev–Trinajstić information content (AvgIpc) is 2.90. The molecular weight excluding hydrogens is 419 g/mol. The van der Waals surface area contributed by atoms with Crippen LogP contribution in [-0.2, 0) is 13.1 Å². The van der Waals surface area contributed by atoms with Gasteiger partial charge in [0.25, 0.3) is 0 Å². The molecule has 1 N–H and O–H groups in total. The molecule has 1 aromatic heterocycles. The van der Waals surface area contributed by atoms with E-state index in [1.165, 1.54) is 11.1 Å². The fourth-order valence-electron chi connectivity index (χ4n) is 2.22. The van der Waals surface area contributed by atoms with Crippen LogP contribution in [0.5, 0.6) is 0 Å². The Kier molecular flexibility index (Phi) is 8.54. The Labute approximate surface area is 160 Å². The molecule has 0 aliphatic rings. The summed E-state index contributed by atoms with van der Waals surface area (Å²) in [6, 6.07) is 8.38. The van der Waals surface area contributed by atoms with Gasteiger partial charge in [-0.05, 0) is 31.9 Å². The Morgan fingerprint density at radius 1 is 1.30 bits per heavy atom. The van der Waals surface area contributed by atoms with Gasteiger partial charge in [0.1, 0.15) is 0 Å². The number of hydrogen-bond acceptors (Lipinski definition) is 3. The Hall–Kier alpha value is -1.15. The van der Waals surface area contributed by atoms with Crippen molar-refractivity contribution in [1.82, 2.24) is 15.2 Å². The first kappa shape index (κ1) is 19.9. The summed E-state index contributed by atoms with van der Waals surface area (Å²) in [5.74, 6) is 0.913. The summed E-state index contributed by atoms with van der Waals surface area (Å²) in [5, 5.41) is 6.56. The molecule has 1 heterocycles. The molecule has 126 valence electrons. The van der Waals surface area contributed by atoms with Crippen LogP contribution in [-0.4, -0.2) is 29.4 Å². The van der Waals surface area contributed by atoms with E-state index in [4.69, 9.17) is 4.99 Å². The van der Waals surface area contributed by atoms with Crippen molar-refractivity contribution in [3.8, 4) is 0 Å². The molecule has 0 atom stereocenters. The number of rotatable bonds is 5. The highest BCUT2D eigenvalue weighted by Gasteiger charge is 2.08. The molecular formula is C17H25IN4S. The number of aliphatic imine (C=N–C) groups is 1. The highest BCUT2D eigenvalue weighted by Crippen LogP contribution is 2.11. The van der Waals surface area contributed by atoms with Crippen LogP contribution in [0.25, 0.3) is 0 Å². The number of thiazole rings is 1. The predicted molar refractivity (Wildman–Crippen MR) is 110 cm³/mol. The van der Waals surface area contributed by atoms with E-state index in [-0.39, 0.29) is 24.0 Å². The van der Waals surface area contributed by atoms with Crippen LogP contribution < -0.4 is 5.32 Å². The second kappa shape index (κ2) is 9.87. The average molecular weight is 444 g/mol. The Balaban J connectivity index is 0.00000264. The van der Waals surface area contributed by atoms with Crippen molar-refractivity contribution in [2.24, 2.45) is 4.99 Å². The van der Waals surface area contributed by atoms with Gasteiger partial charge in [0.05, 0.1) is 23.8 Å². The summed E-state index contributed by atoms with van der Waals surface area (Å²) in [5.41, 5.74) is 3.63. The van der Waals surface area contributed by atoms with Gasteiger partial charge in [-0.25, -0.2) is 9.98 Å². The number of aryl methyl sites for hydroxylation is 2. The van der Waals surface area contributed by atoms with E-state index in [0.717, 1.165) is 29.8 Å². The first-order valence-corrected chi connectivity index (χ1v) is 8.43. The lowest BCUT2D eigenvalue weighted by Gasteiger charge is -2.21. The highest BCUT2D eigenvalue weighted by atomic mass is 127. The summed E-state index contributed by atoms with van der Waals surface area (Å²) in [6.45, 7) is 8.56. The summed E-state index contributed by atoms with van der Waals surface area (Å²) in [4.78, 5) is 11.4. The van der Waals surface area contributed by atoms with E-state index in [1.807, 2.05) is 14.0 Å². The van der Waals surface area contributed by atoms with E-state index in [9.17, 15) is 0 Å². The van der Waals surface area contributed by atoms with Crippen molar-refractivity contribution in [3.63, 3.8) is 0 Å². The van der Waals surface area contributed by atoms with Gasteiger partial charge in [-0.2, -0.15) is 0 Å². The van der Waals surface area contributed by atoms with E-state index >= 15 is 0 Å². The number of aromatic nitrogens is 1. The van der Waals surface area contributed by atoms with Crippen LogP contribution in [0.1, 0.15) is 28.8 Å². The maximum atomic E-state index is 4.75. The highest BCUT2D eigenvalue weighted by molar-refractivity contribution is 14.0. The normalized spacial score (nSPS) is 11.0. The molecule has 0 unspecified atom stereocenters. The molecule has 0 bridgehead atoms. The zero-order valence-corrected chi connectivity index (χ0v) is 17.3. The molecule has 0 fully saturated rings. The number of halogens is 1. The van der Waals surface area contributed by atoms with Crippen molar-refractivity contribution in [2.45, 2.75) is 33.9 Å². The molecule has 0 saturated heterocycles. The van der Waals surface area contributed by atoms with Gasteiger partial charge in [0.2, 0.25) is 0 Å². The zero-order chi connectivity index (χ0) is 15.9. The Bertz CT molecular complexity index is 639. The standard InChI is InChI=1S/C17H24N4S.HI/c1-5-18-17(19-10-15-9-7-6-8-13(15)2)21(4)11-16-12-22-14(3)20-16;/h6-9,12H,5,10-11H2,1-4H3,(H,18,19);1H. The number of nitrogens with one attached hydrogen (secondary N) is 1. The molecule has 6 heteroatoms. The third-order valence-corrected chi connectivity index (χ3v) is 4.24. The summed E-state index contributed by atoms with van der Waals surface area (Å²) < 4.78 is 0. The molecule has 0 radical (unpaired) electrons. The lowest BCUT2D eigenvalue weighted by atomic mass is 10.1. The molecule has 0 aliphatic carbocycles. The van der Waals surface area contributed by atoms with Gasteiger partial charge < -0.3 is 10.2 Å². The lowest BCUT2D eigenvalue weighted by Crippen LogP contribution is -2.38. The van der Waals surface area contributed by atoms with Crippen LogP contribution in [0.4, 0.5) is 0 Å². The van der Waals surface area contributed by atoms with Gasteiger partial charge in [-0.1, -0.05) is 24.3 Å². The summed E-state index contributed by atoms with van der Waals surface area (Å²) >= 11 is 1.69. The molecule has 0 saturated carbocycles. The van der Waals surface area contributed by atoms with E-state index in [1.54, 1.807) is 11.3 Å². The topological polar surface area (TPSA) is 40.5 Å². The molecule has 2 rings (SSSR count). The second-order valence-electron chi connectivity index (χ2n) is 5.31. The molecule has 4 nitrogen and oxygen atoms in total. The van der Waals surface area contributed by atoms with E-state index in [0.29, 0.717) is 6.54 Å². The van der Waals surface area contributed by atoms with Crippen molar-refractivity contribution >= 4 is 41.3 Å². The van der Waals surface area contributed by atoms with Crippen LogP contribution in [0.2, 0.25) is 0 Å². The maximum absolute atomic E-state index is 4.75. The molecule has 0 spiro atoms. The van der Waals surface area contributed by atoms with Crippen molar-refractivity contribution in [1.29, 1.82) is 0 Å². The first-order valence-electron chi connectivity index (χ1n) is 7.55. The van der Waals surface area contributed by atoms with E-state index < -0.39 is 0 Å². The van der Waals surface area contributed by atoms with Crippen molar-refractivity contribution < 1.29 is 0 Å². The third-order valence-electron chi connectivity index (χ3n) is 3.42. The van der Waals surface area contributed by atoms with Crippen LogP contribution in [0.3, 0.4) is 0 Å². The molecule has 1 aromatic carbocycles. The summed E-state index contributed by atoms with van der Waals surface area (Å²) in [7, 11) is 2.05. The fraction of sp³-hybridized carbons (Fsp3) is 0.412. The van der Waals surface area contributed by atoms with Gasteiger partial charge in [-0.15, -0.1) is 35.3 Å². The van der Waals surface area contributed by atoms with Gasteiger partial charge in [0.15, 0.2) is 5.96 Å². The molecule has 0 amide bonds. The smallest absolute Gasteiger partial charge is 0.194 e. The van der Waals surface area contributed by atoms with Gasteiger partial charge >= 0.3 is 0 Å². The SMILES string of the molecule is CCNC(=NCc1ccccc1C)N(C)Cc1csc(C)n1.I. The van der Waals surface area contributed by atoms with Crippen molar-refractivity contribution in [2.75, 3.05) is 13.6 Å². The molecule has 23 heavy (non-hydrogen) atoms. The van der Waals surface area contributed by atoms with Gasteiger partial charge in [-0.3, -0.25) is 0 Å². The minimum absolute atomic E-state index is 0. The number of hydrogen-bond donors (Lipinski definition) is 1. The van der Waals surface area contributed by atoms with E-state index in [2.05, 4.69) is 58.7 Å². The minimum atomic E-state index is 0. The Morgan fingerprint density at radius 2 is 2.04 bits per heavy atom. The van der Waals surface area contributed by atoms with Crippen LogP contribution in [0, 0.1) is 13.8 Å². The number of benzene rings is 1. The lowest BCUT2D eigenvalue weighted by molar-refractivity contribution is 0.470. The quantitative estimate of drug-likeness (QED) is 0.431. The van der Waals surface area contributed by atoms with Crippen LogP contribution in [0.15, 0.2) is 34.6 Å². The van der Waals surface area contributed by atoms with Crippen LogP contribution >= 0.6 is 35.3 Å². The van der Waals surface area contributed by atoms with Gasteiger partial charge in [0, 0.05) is 19.0 Å². The zero-order valence-electron chi connectivity index (χ0n) is 14.2. The monoisotopic (exact) mass is 444 g/mol. The summed E-state index contributed by atoms with van der Waals surface area (Å²) in [6.07, 6.45) is 0. The third kappa shape index (κ3) is 6.10. The molecule has 0 aliphatic heterocycles. The number of guanidine groups is 1. The first-order chi connectivity index (χ1) is 10.6. The van der Waals surface area contributed by atoms with Crippen molar-refractivity contribution in [3.05, 3.63) is 51.5 Å². The molecule has 2 aromatic rings. The fourth-order valence-corrected chi connectivity index (χ4v) is 2.82. The number of nitrogens with zero attached hydrogens (tertiary/aromatic N) is 3. The Morgan fingerprint density at radius 3 is 2.65 bits per heavy atom. The second-order valence-corrected chi connectivity index (χ2v) is 6.37. The minimum Gasteiger partial charge on any atom is -0.357 e. The maximum Gasteiger partial charge on any atom is 0.194 e.